The lowest BCUT2D eigenvalue weighted by Crippen LogP contribution is -2.22. The predicted octanol–water partition coefficient (Wildman–Crippen LogP) is 4.30. The monoisotopic (exact) mass is 276 g/mol. The Hall–Kier alpha value is -1.29. The van der Waals surface area contributed by atoms with Crippen LogP contribution in [-0.2, 0) is 0 Å². The number of fused-ring (bicyclic) bond motifs is 1. The van der Waals surface area contributed by atoms with Crippen molar-refractivity contribution in [3.63, 3.8) is 0 Å². The number of nitrogens with one attached hydrogen (secondary N) is 1. The molecule has 1 N–H and O–H groups in total. The lowest BCUT2D eigenvalue weighted by atomic mass is 9.89. The number of aromatic nitrogens is 1. The van der Waals surface area contributed by atoms with Gasteiger partial charge in [-0.05, 0) is 36.5 Å². The smallest absolute Gasteiger partial charge is 0.183 e. The van der Waals surface area contributed by atoms with Crippen molar-refractivity contribution in [2.45, 2.75) is 32.6 Å². The van der Waals surface area contributed by atoms with Crippen LogP contribution in [0.5, 0.6) is 5.75 Å². The fourth-order valence-corrected chi connectivity index (χ4v) is 3.69. The molecular formula is C15H20N2OS. The van der Waals surface area contributed by atoms with Gasteiger partial charge in [-0.25, -0.2) is 4.98 Å². The molecule has 2 aromatic rings. The summed E-state index contributed by atoms with van der Waals surface area (Å²) in [5, 5.41) is 4.55. The van der Waals surface area contributed by atoms with Gasteiger partial charge in [0.15, 0.2) is 5.13 Å². The fraction of sp³-hybridized carbons (Fsp3) is 0.533. The van der Waals surface area contributed by atoms with Crippen LogP contribution in [0.3, 0.4) is 0 Å². The normalized spacial score (nSPS) is 17.8. The molecule has 0 radical (unpaired) electrons. The van der Waals surface area contributed by atoms with Crippen LogP contribution in [0.25, 0.3) is 10.2 Å². The number of methoxy groups -OCH3 is 1. The first kappa shape index (κ1) is 12.7. The Bertz CT molecular complexity index is 573. The molecule has 1 aliphatic carbocycles. The SMILES string of the molecule is COc1ccc2nc(NCC3(C)CCCC3)sc2c1. The molecular weight excluding hydrogens is 256 g/mol. The minimum Gasteiger partial charge on any atom is -0.497 e. The van der Waals surface area contributed by atoms with Gasteiger partial charge in [0, 0.05) is 6.54 Å². The van der Waals surface area contributed by atoms with E-state index in [0.717, 1.165) is 22.9 Å². The summed E-state index contributed by atoms with van der Waals surface area (Å²) in [6.45, 7) is 3.41. The average molecular weight is 276 g/mol. The first-order valence-electron chi connectivity index (χ1n) is 6.87. The lowest BCUT2D eigenvalue weighted by Gasteiger charge is -2.23. The van der Waals surface area contributed by atoms with Crippen molar-refractivity contribution in [3.05, 3.63) is 18.2 Å². The van der Waals surface area contributed by atoms with Crippen molar-refractivity contribution in [2.75, 3.05) is 19.0 Å². The summed E-state index contributed by atoms with van der Waals surface area (Å²) in [5.41, 5.74) is 1.50. The number of hydrogen-bond donors (Lipinski definition) is 1. The molecule has 0 amide bonds. The van der Waals surface area contributed by atoms with Gasteiger partial charge in [0.25, 0.3) is 0 Å². The van der Waals surface area contributed by atoms with E-state index in [1.807, 2.05) is 12.1 Å². The number of anilines is 1. The van der Waals surface area contributed by atoms with Crippen LogP contribution in [0.15, 0.2) is 18.2 Å². The summed E-state index contributed by atoms with van der Waals surface area (Å²) >= 11 is 1.71. The van der Waals surface area contributed by atoms with Crippen molar-refractivity contribution < 1.29 is 4.74 Å². The van der Waals surface area contributed by atoms with E-state index in [4.69, 9.17) is 4.74 Å². The highest BCUT2D eigenvalue weighted by molar-refractivity contribution is 7.22. The minimum absolute atomic E-state index is 0.454. The minimum atomic E-state index is 0.454. The summed E-state index contributed by atoms with van der Waals surface area (Å²) in [6, 6.07) is 6.03. The molecule has 0 aliphatic heterocycles. The Morgan fingerprint density at radius 3 is 2.89 bits per heavy atom. The Morgan fingerprint density at radius 1 is 1.37 bits per heavy atom. The van der Waals surface area contributed by atoms with E-state index in [-0.39, 0.29) is 0 Å². The standard InChI is InChI=1S/C15H20N2OS/c1-15(7-3-4-8-15)10-16-14-17-12-6-5-11(18-2)9-13(12)19-14/h5-6,9H,3-4,7-8,10H2,1-2H3,(H,16,17). The Balaban J connectivity index is 1.74. The van der Waals surface area contributed by atoms with E-state index in [9.17, 15) is 0 Å². The molecule has 1 aromatic carbocycles. The maximum Gasteiger partial charge on any atom is 0.183 e. The molecule has 4 heteroatoms. The van der Waals surface area contributed by atoms with Gasteiger partial charge in [0.1, 0.15) is 5.75 Å². The van der Waals surface area contributed by atoms with E-state index in [2.05, 4.69) is 23.3 Å². The molecule has 3 nitrogen and oxygen atoms in total. The molecule has 1 heterocycles. The van der Waals surface area contributed by atoms with Crippen molar-refractivity contribution in [1.82, 2.24) is 4.98 Å². The number of thiazole rings is 1. The average Bonchev–Trinajstić information content (AvgIpc) is 3.02. The summed E-state index contributed by atoms with van der Waals surface area (Å²) < 4.78 is 6.43. The first-order valence-corrected chi connectivity index (χ1v) is 7.69. The second-order valence-corrected chi connectivity index (χ2v) is 6.75. The molecule has 19 heavy (non-hydrogen) atoms. The molecule has 0 spiro atoms. The summed E-state index contributed by atoms with van der Waals surface area (Å²) in [5.74, 6) is 0.894. The molecule has 102 valence electrons. The van der Waals surface area contributed by atoms with Crippen LogP contribution in [0, 0.1) is 5.41 Å². The Labute approximate surface area is 118 Å². The third-order valence-electron chi connectivity index (χ3n) is 4.07. The maximum absolute atomic E-state index is 5.25. The lowest BCUT2D eigenvalue weighted by molar-refractivity contribution is 0.362. The quantitative estimate of drug-likeness (QED) is 0.904. The number of benzene rings is 1. The molecule has 3 rings (SSSR count). The van der Waals surface area contributed by atoms with Gasteiger partial charge in [-0.15, -0.1) is 0 Å². The van der Waals surface area contributed by atoms with E-state index in [0.29, 0.717) is 5.41 Å². The van der Waals surface area contributed by atoms with Crippen molar-refractivity contribution in [1.29, 1.82) is 0 Å². The summed E-state index contributed by atoms with van der Waals surface area (Å²) in [7, 11) is 1.70. The van der Waals surface area contributed by atoms with Crippen LogP contribution in [0.4, 0.5) is 5.13 Å². The molecule has 0 unspecified atom stereocenters. The molecule has 1 aliphatic rings. The zero-order valence-corrected chi connectivity index (χ0v) is 12.3. The maximum atomic E-state index is 5.25. The van der Waals surface area contributed by atoms with E-state index in [1.165, 1.54) is 30.4 Å². The van der Waals surface area contributed by atoms with Gasteiger partial charge < -0.3 is 10.1 Å². The van der Waals surface area contributed by atoms with Crippen molar-refractivity contribution in [2.24, 2.45) is 5.41 Å². The van der Waals surface area contributed by atoms with E-state index in [1.54, 1.807) is 18.4 Å². The Kier molecular flexibility index (Phi) is 3.35. The van der Waals surface area contributed by atoms with Gasteiger partial charge in [0.05, 0.1) is 17.3 Å². The second kappa shape index (κ2) is 5.00. The largest absolute Gasteiger partial charge is 0.497 e. The second-order valence-electron chi connectivity index (χ2n) is 5.72. The van der Waals surface area contributed by atoms with Crippen molar-refractivity contribution >= 4 is 26.7 Å². The number of nitrogens with zero attached hydrogens (tertiary/aromatic N) is 1. The first-order chi connectivity index (χ1) is 9.18. The molecule has 0 saturated heterocycles. The third kappa shape index (κ3) is 2.68. The highest BCUT2D eigenvalue weighted by atomic mass is 32.1. The molecule has 1 fully saturated rings. The molecule has 0 atom stereocenters. The van der Waals surface area contributed by atoms with Gasteiger partial charge in [0.2, 0.25) is 0 Å². The predicted molar refractivity (Wildman–Crippen MR) is 81.2 cm³/mol. The van der Waals surface area contributed by atoms with Crippen LogP contribution < -0.4 is 10.1 Å². The number of rotatable bonds is 4. The molecule has 1 saturated carbocycles. The van der Waals surface area contributed by atoms with Crippen LogP contribution in [0.2, 0.25) is 0 Å². The number of hydrogen-bond acceptors (Lipinski definition) is 4. The van der Waals surface area contributed by atoms with Crippen LogP contribution in [-0.4, -0.2) is 18.6 Å². The van der Waals surface area contributed by atoms with Crippen molar-refractivity contribution in [3.8, 4) is 5.75 Å². The third-order valence-corrected chi connectivity index (χ3v) is 5.05. The Morgan fingerprint density at radius 2 is 2.16 bits per heavy atom. The van der Waals surface area contributed by atoms with Crippen LogP contribution >= 0.6 is 11.3 Å². The summed E-state index contributed by atoms with van der Waals surface area (Å²) in [4.78, 5) is 4.63. The zero-order valence-electron chi connectivity index (χ0n) is 11.5. The van der Waals surface area contributed by atoms with Gasteiger partial charge in [-0.1, -0.05) is 31.1 Å². The van der Waals surface area contributed by atoms with E-state index >= 15 is 0 Å². The summed E-state index contributed by atoms with van der Waals surface area (Å²) in [6.07, 6.45) is 5.40. The van der Waals surface area contributed by atoms with Gasteiger partial charge in [-0.2, -0.15) is 0 Å². The molecule has 0 bridgehead atoms. The topological polar surface area (TPSA) is 34.1 Å². The van der Waals surface area contributed by atoms with Crippen LogP contribution in [0.1, 0.15) is 32.6 Å². The highest BCUT2D eigenvalue weighted by Gasteiger charge is 2.28. The fourth-order valence-electron chi connectivity index (χ4n) is 2.80. The number of ether oxygens (including phenoxy) is 1. The van der Waals surface area contributed by atoms with E-state index < -0.39 is 0 Å². The van der Waals surface area contributed by atoms with Gasteiger partial charge >= 0.3 is 0 Å². The van der Waals surface area contributed by atoms with Gasteiger partial charge in [-0.3, -0.25) is 0 Å². The molecule has 1 aromatic heterocycles. The highest BCUT2D eigenvalue weighted by Crippen LogP contribution is 2.38. The zero-order chi connectivity index (χ0) is 13.3.